The number of ether oxygens (including phenoxy) is 1. The summed E-state index contributed by atoms with van der Waals surface area (Å²) in [5, 5.41) is 10.9. The maximum Gasteiger partial charge on any atom is 0.417 e. The van der Waals surface area contributed by atoms with Crippen LogP contribution in [0.15, 0.2) is 22.7 Å². The molecular weight excluding hydrogens is 359 g/mol. The Bertz CT molecular complexity index is 548. The zero-order valence-corrected chi connectivity index (χ0v) is 12.3. The molecule has 5 nitrogen and oxygen atoms in total. The van der Waals surface area contributed by atoms with Gasteiger partial charge in [0.25, 0.3) is 5.91 Å². The molecule has 0 radical (unpaired) electrons. The van der Waals surface area contributed by atoms with Gasteiger partial charge in [0.1, 0.15) is 0 Å². The molecule has 2 N–H and O–H groups in total. The molecule has 1 aromatic carbocycles. The van der Waals surface area contributed by atoms with Crippen LogP contribution in [0.5, 0.6) is 0 Å². The van der Waals surface area contributed by atoms with Crippen molar-refractivity contribution in [2.45, 2.75) is 12.2 Å². The number of carboxylic acid groups (broad SMARTS) is 1. The van der Waals surface area contributed by atoms with Gasteiger partial charge in [-0.05, 0) is 18.2 Å². The Hall–Kier alpha value is -1.61. The van der Waals surface area contributed by atoms with Crippen molar-refractivity contribution in [2.75, 3.05) is 13.7 Å². The first-order chi connectivity index (χ1) is 9.66. The summed E-state index contributed by atoms with van der Waals surface area (Å²) in [7, 11) is 1.24. The molecule has 1 rings (SSSR count). The fourth-order valence-electron chi connectivity index (χ4n) is 1.47. The van der Waals surface area contributed by atoms with Crippen molar-refractivity contribution in [3.05, 3.63) is 33.8 Å². The second kappa shape index (κ2) is 6.90. The Morgan fingerprint density at radius 1 is 1.43 bits per heavy atom. The van der Waals surface area contributed by atoms with Gasteiger partial charge < -0.3 is 15.2 Å². The van der Waals surface area contributed by atoms with E-state index in [1.807, 2.05) is 0 Å². The number of amides is 1. The summed E-state index contributed by atoms with van der Waals surface area (Å²) in [5.41, 5.74) is -1.32. The lowest BCUT2D eigenvalue weighted by molar-refractivity contribution is -0.140. The molecule has 1 unspecified atom stereocenters. The third kappa shape index (κ3) is 4.71. The summed E-state index contributed by atoms with van der Waals surface area (Å²) < 4.78 is 42.6. The van der Waals surface area contributed by atoms with E-state index in [1.165, 1.54) is 7.11 Å². The zero-order chi connectivity index (χ0) is 16.2. The minimum atomic E-state index is -4.63. The second-order valence-electron chi connectivity index (χ2n) is 4.01. The lowest BCUT2D eigenvalue weighted by atomic mass is 10.1. The van der Waals surface area contributed by atoms with Crippen molar-refractivity contribution in [1.82, 2.24) is 5.32 Å². The Morgan fingerprint density at radius 3 is 2.52 bits per heavy atom. The van der Waals surface area contributed by atoms with Gasteiger partial charge in [0.15, 0.2) is 6.04 Å². The molecule has 0 saturated heterocycles. The van der Waals surface area contributed by atoms with E-state index in [2.05, 4.69) is 26.0 Å². The summed E-state index contributed by atoms with van der Waals surface area (Å²) in [6.45, 7) is -0.302. The molecule has 0 bridgehead atoms. The van der Waals surface area contributed by atoms with E-state index in [4.69, 9.17) is 5.11 Å². The molecule has 0 fully saturated rings. The number of methoxy groups -OCH3 is 1. The van der Waals surface area contributed by atoms with Crippen LogP contribution in [0.3, 0.4) is 0 Å². The van der Waals surface area contributed by atoms with E-state index < -0.39 is 29.7 Å². The van der Waals surface area contributed by atoms with Crippen LogP contribution >= 0.6 is 15.9 Å². The van der Waals surface area contributed by atoms with Gasteiger partial charge in [0, 0.05) is 17.1 Å². The number of halogens is 4. The van der Waals surface area contributed by atoms with E-state index in [9.17, 15) is 22.8 Å². The van der Waals surface area contributed by atoms with Crippen LogP contribution in [0.25, 0.3) is 0 Å². The molecule has 21 heavy (non-hydrogen) atoms. The molecule has 1 aromatic rings. The Labute approximate surface area is 126 Å². The van der Waals surface area contributed by atoms with Crippen LogP contribution < -0.4 is 5.32 Å². The summed E-state index contributed by atoms with van der Waals surface area (Å²) in [4.78, 5) is 22.7. The minimum absolute atomic E-state index is 0.210. The lowest BCUT2D eigenvalue weighted by Crippen LogP contribution is -2.43. The predicted octanol–water partition coefficient (Wildman–Crippen LogP) is 2.30. The van der Waals surface area contributed by atoms with E-state index in [-0.39, 0.29) is 16.6 Å². The highest BCUT2D eigenvalue weighted by atomic mass is 79.9. The predicted molar refractivity (Wildman–Crippen MR) is 69.9 cm³/mol. The smallest absolute Gasteiger partial charge is 0.417 e. The average Bonchev–Trinajstić information content (AvgIpc) is 2.37. The number of nitrogens with one attached hydrogen (secondary N) is 1. The normalized spacial score (nSPS) is 12.8. The van der Waals surface area contributed by atoms with Crippen molar-refractivity contribution in [1.29, 1.82) is 0 Å². The number of alkyl halides is 3. The molecule has 116 valence electrons. The molecule has 1 atom stereocenters. The van der Waals surface area contributed by atoms with E-state index in [1.54, 1.807) is 0 Å². The highest BCUT2D eigenvalue weighted by molar-refractivity contribution is 9.10. The summed E-state index contributed by atoms with van der Waals surface area (Å²) in [5.74, 6) is -2.28. The van der Waals surface area contributed by atoms with Crippen molar-refractivity contribution in [3.63, 3.8) is 0 Å². The maximum absolute atomic E-state index is 12.7. The second-order valence-corrected chi connectivity index (χ2v) is 4.87. The van der Waals surface area contributed by atoms with Gasteiger partial charge in [-0.25, -0.2) is 4.79 Å². The van der Waals surface area contributed by atoms with Gasteiger partial charge in [-0.3, -0.25) is 4.79 Å². The van der Waals surface area contributed by atoms with Crippen LogP contribution in [-0.2, 0) is 15.7 Å². The largest absolute Gasteiger partial charge is 0.480 e. The number of hydrogen-bond donors (Lipinski definition) is 2. The fourth-order valence-corrected chi connectivity index (χ4v) is 1.94. The molecule has 0 aliphatic carbocycles. The lowest BCUT2D eigenvalue weighted by Gasteiger charge is -2.15. The molecule has 0 heterocycles. The molecule has 1 amide bonds. The molecule has 0 spiro atoms. The number of aliphatic carboxylic acids is 1. The number of benzene rings is 1. The first-order valence-corrected chi connectivity index (χ1v) is 6.35. The molecule has 0 aliphatic heterocycles. The van der Waals surface area contributed by atoms with Gasteiger partial charge in [0.2, 0.25) is 0 Å². The number of carbonyl (C=O) groups excluding carboxylic acids is 1. The number of carbonyl (C=O) groups is 2. The van der Waals surface area contributed by atoms with Crippen LogP contribution in [0.2, 0.25) is 0 Å². The average molecular weight is 370 g/mol. The number of rotatable bonds is 5. The van der Waals surface area contributed by atoms with Gasteiger partial charge >= 0.3 is 12.1 Å². The van der Waals surface area contributed by atoms with E-state index >= 15 is 0 Å². The van der Waals surface area contributed by atoms with Crippen LogP contribution in [0, 0.1) is 0 Å². The number of carboxylic acids is 1. The van der Waals surface area contributed by atoms with Crippen LogP contribution in [0.4, 0.5) is 13.2 Å². The third-order valence-corrected chi connectivity index (χ3v) is 3.16. The molecular formula is C12H11BrF3NO4. The quantitative estimate of drug-likeness (QED) is 0.834. The molecule has 0 aliphatic rings. The molecule has 0 saturated carbocycles. The van der Waals surface area contributed by atoms with Gasteiger partial charge in [-0.15, -0.1) is 0 Å². The summed E-state index contributed by atoms with van der Waals surface area (Å²) in [6, 6.07) is 1.52. The Morgan fingerprint density at radius 2 is 2.05 bits per heavy atom. The molecule has 0 aromatic heterocycles. The maximum atomic E-state index is 12.7. The summed E-state index contributed by atoms with van der Waals surface area (Å²) in [6.07, 6.45) is -4.63. The van der Waals surface area contributed by atoms with Crippen molar-refractivity contribution in [2.24, 2.45) is 0 Å². The van der Waals surface area contributed by atoms with Gasteiger partial charge in [-0.1, -0.05) is 15.9 Å². The highest BCUT2D eigenvalue weighted by Crippen LogP contribution is 2.35. The van der Waals surface area contributed by atoms with E-state index in [0.717, 1.165) is 12.1 Å². The van der Waals surface area contributed by atoms with Gasteiger partial charge in [-0.2, -0.15) is 13.2 Å². The monoisotopic (exact) mass is 369 g/mol. The first kappa shape index (κ1) is 17.4. The van der Waals surface area contributed by atoms with Gasteiger partial charge in [0.05, 0.1) is 12.2 Å². The Kier molecular flexibility index (Phi) is 5.73. The third-order valence-electron chi connectivity index (χ3n) is 2.47. The minimum Gasteiger partial charge on any atom is -0.480 e. The van der Waals surface area contributed by atoms with E-state index in [0.29, 0.717) is 6.07 Å². The SMILES string of the molecule is COCC(NC(=O)c1ccc(Br)c(C(F)(F)F)c1)C(=O)O. The first-order valence-electron chi connectivity index (χ1n) is 5.56. The highest BCUT2D eigenvalue weighted by Gasteiger charge is 2.34. The summed E-state index contributed by atoms with van der Waals surface area (Å²) >= 11 is 2.75. The standard InChI is InChI=1S/C12H11BrF3NO4/c1-21-5-9(11(19)20)17-10(18)6-2-3-8(13)7(4-6)12(14,15)16/h2-4,9H,5H2,1H3,(H,17,18)(H,19,20). The zero-order valence-electron chi connectivity index (χ0n) is 10.7. The van der Waals surface area contributed by atoms with Crippen LogP contribution in [-0.4, -0.2) is 36.7 Å². The topological polar surface area (TPSA) is 75.6 Å². The number of hydrogen-bond acceptors (Lipinski definition) is 3. The van der Waals surface area contributed by atoms with Crippen molar-refractivity contribution in [3.8, 4) is 0 Å². The van der Waals surface area contributed by atoms with Crippen LogP contribution in [0.1, 0.15) is 15.9 Å². The molecule has 9 heteroatoms. The van der Waals surface area contributed by atoms with Crippen molar-refractivity contribution < 1.29 is 32.6 Å². The fraction of sp³-hybridized carbons (Fsp3) is 0.333. The van der Waals surface area contributed by atoms with Crippen molar-refractivity contribution >= 4 is 27.8 Å². The Balaban J connectivity index is 3.00.